The number of esters is 1. The van der Waals surface area contributed by atoms with Gasteiger partial charge in [-0.2, -0.15) is 0 Å². The first kappa shape index (κ1) is 22.8. The molecule has 0 spiro atoms. The summed E-state index contributed by atoms with van der Waals surface area (Å²) in [5, 5.41) is 3.02. The maximum absolute atomic E-state index is 11.4. The number of hydrogen-bond acceptors (Lipinski definition) is 4. The molecule has 2 aromatic rings. The summed E-state index contributed by atoms with van der Waals surface area (Å²) >= 11 is 0. The number of nitrogens with two attached hydrogens (primary N) is 1. The van der Waals surface area contributed by atoms with Crippen LogP contribution in [0.15, 0.2) is 59.6 Å². The molecule has 0 aliphatic rings. The molecule has 0 heterocycles. The monoisotopic (exact) mass is 483 g/mol. The van der Waals surface area contributed by atoms with Crippen molar-refractivity contribution in [3.63, 3.8) is 0 Å². The summed E-state index contributed by atoms with van der Waals surface area (Å²) in [7, 11) is 0. The Morgan fingerprint density at radius 3 is 2.52 bits per heavy atom. The minimum Gasteiger partial charge on any atom is -0.463 e. The number of guanidine groups is 1. The zero-order valence-electron chi connectivity index (χ0n) is 15.6. The second-order valence-electron chi connectivity index (χ2n) is 5.98. The lowest BCUT2D eigenvalue weighted by atomic mass is 10.3. The Balaban J connectivity index is 0.00000364. The van der Waals surface area contributed by atoms with Crippen molar-refractivity contribution >= 4 is 41.6 Å². The van der Waals surface area contributed by atoms with Crippen LogP contribution in [0, 0.1) is 0 Å². The van der Waals surface area contributed by atoms with Crippen LogP contribution < -0.4 is 15.8 Å². The molecule has 0 fully saturated rings. The summed E-state index contributed by atoms with van der Waals surface area (Å²) in [5.74, 6) is 1.54. The Morgan fingerprint density at radius 2 is 1.81 bits per heavy atom. The SMILES string of the molecule is CC(C)OC(=O)CCCN=C(N)Nc1cccc(Oc2ccccc2)c1.I. The summed E-state index contributed by atoms with van der Waals surface area (Å²) in [5.41, 5.74) is 6.66. The Bertz CT molecular complexity index is 736. The number of nitrogens with zero attached hydrogens (tertiary/aromatic N) is 1. The second-order valence-corrected chi connectivity index (χ2v) is 5.98. The molecule has 7 heteroatoms. The molecule has 0 saturated carbocycles. The van der Waals surface area contributed by atoms with Crippen LogP contribution in [0.3, 0.4) is 0 Å². The number of ether oxygens (including phenoxy) is 2. The van der Waals surface area contributed by atoms with Crippen molar-refractivity contribution in [2.24, 2.45) is 10.7 Å². The molecule has 2 rings (SSSR count). The molecular weight excluding hydrogens is 457 g/mol. The third-order valence-electron chi connectivity index (χ3n) is 3.27. The normalized spacial score (nSPS) is 10.9. The lowest BCUT2D eigenvalue weighted by Crippen LogP contribution is -2.23. The van der Waals surface area contributed by atoms with Gasteiger partial charge in [-0.15, -0.1) is 24.0 Å². The standard InChI is InChI=1S/C20H25N3O3.HI/c1-15(2)25-19(24)12-7-13-22-20(21)23-16-8-6-11-18(14-16)26-17-9-4-3-5-10-17;/h3-6,8-11,14-15H,7,12-13H2,1-2H3,(H3,21,22,23);1H. The zero-order chi connectivity index (χ0) is 18.8. The van der Waals surface area contributed by atoms with Crippen LogP contribution in [0.1, 0.15) is 26.7 Å². The molecule has 0 aliphatic carbocycles. The summed E-state index contributed by atoms with van der Waals surface area (Å²) in [6, 6.07) is 17.0. The van der Waals surface area contributed by atoms with Crippen LogP contribution in [0.4, 0.5) is 5.69 Å². The van der Waals surface area contributed by atoms with E-state index >= 15 is 0 Å². The minimum atomic E-state index is -0.215. The highest BCUT2D eigenvalue weighted by Crippen LogP contribution is 2.23. The highest BCUT2D eigenvalue weighted by atomic mass is 127. The van der Waals surface area contributed by atoms with Gasteiger partial charge in [0.1, 0.15) is 11.5 Å². The molecule has 0 aromatic heterocycles. The third kappa shape index (κ3) is 9.28. The van der Waals surface area contributed by atoms with E-state index in [1.165, 1.54) is 0 Å². The van der Waals surface area contributed by atoms with Crippen LogP contribution in [-0.4, -0.2) is 24.6 Å². The van der Waals surface area contributed by atoms with Gasteiger partial charge in [0.05, 0.1) is 6.10 Å². The predicted octanol–water partition coefficient (Wildman–Crippen LogP) is 4.56. The van der Waals surface area contributed by atoms with Gasteiger partial charge in [-0.1, -0.05) is 24.3 Å². The first-order valence-corrected chi connectivity index (χ1v) is 8.62. The van der Waals surface area contributed by atoms with Gasteiger partial charge >= 0.3 is 5.97 Å². The molecular formula is C20H26IN3O3. The van der Waals surface area contributed by atoms with Crippen LogP contribution in [-0.2, 0) is 9.53 Å². The molecule has 0 saturated heterocycles. The van der Waals surface area contributed by atoms with Gasteiger partial charge < -0.3 is 20.5 Å². The highest BCUT2D eigenvalue weighted by molar-refractivity contribution is 14.0. The van der Waals surface area contributed by atoms with Crippen LogP contribution in [0.2, 0.25) is 0 Å². The maximum Gasteiger partial charge on any atom is 0.306 e. The zero-order valence-corrected chi connectivity index (χ0v) is 17.9. The van der Waals surface area contributed by atoms with E-state index in [0.717, 1.165) is 11.4 Å². The molecule has 0 bridgehead atoms. The number of hydrogen-bond donors (Lipinski definition) is 2. The number of anilines is 1. The van der Waals surface area contributed by atoms with Crippen LogP contribution in [0.25, 0.3) is 0 Å². The van der Waals surface area contributed by atoms with E-state index in [1.807, 2.05) is 68.4 Å². The van der Waals surface area contributed by atoms with Crippen molar-refractivity contribution in [2.75, 3.05) is 11.9 Å². The third-order valence-corrected chi connectivity index (χ3v) is 3.27. The van der Waals surface area contributed by atoms with Gasteiger partial charge in [-0.25, -0.2) is 0 Å². The van der Waals surface area contributed by atoms with E-state index in [4.69, 9.17) is 15.2 Å². The number of rotatable bonds is 8. The number of halogens is 1. The van der Waals surface area contributed by atoms with Gasteiger partial charge in [-0.05, 0) is 44.5 Å². The van der Waals surface area contributed by atoms with Gasteiger partial charge in [-0.3, -0.25) is 9.79 Å². The van der Waals surface area contributed by atoms with Crippen LogP contribution in [0.5, 0.6) is 11.5 Å². The molecule has 3 N–H and O–H groups in total. The number of nitrogens with one attached hydrogen (secondary N) is 1. The van der Waals surface area contributed by atoms with E-state index in [0.29, 0.717) is 31.1 Å². The Morgan fingerprint density at radius 1 is 1.11 bits per heavy atom. The lowest BCUT2D eigenvalue weighted by Gasteiger charge is -2.09. The first-order valence-electron chi connectivity index (χ1n) is 8.62. The summed E-state index contributed by atoms with van der Waals surface area (Å²) in [6.07, 6.45) is 0.823. The van der Waals surface area contributed by atoms with E-state index in [9.17, 15) is 4.79 Å². The molecule has 0 aliphatic heterocycles. The number of carbonyl (C=O) groups is 1. The highest BCUT2D eigenvalue weighted by Gasteiger charge is 2.04. The lowest BCUT2D eigenvalue weighted by molar-refractivity contribution is -0.147. The Hall–Kier alpha value is -2.29. The fourth-order valence-electron chi connectivity index (χ4n) is 2.19. The quantitative estimate of drug-likeness (QED) is 0.189. The topological polar surface area (TPSA) is 85.9 Å². The molecule has 0 unspecified atom stereocenters. The van der Waals surface area contributed by atoms with Crippen molar-refractivity contribution < 1.29 is 14.3 Å². The van der Waals surface area contributed by atoms with Gasteiger partial charge in [0.2, 0.25) is 0 Å². The van der Waals surface area contributed by atoms with E-state index in [1.54, 1.807) is 0 Å². The van der Waals surface area contributed by atoms with Gasteiger partial charge in [0, 0.05) is 24.7 Å². The van der Waals surface area contributed by atoms with Crippen molar-refractivity contribution in [2.45, 2.75) is 32.8 Å². The fourth-order valence-corrected chi connectivity index (χ4v) is 2.19. The minimum absolute atomic E-state index is 0. The number of aliphatic imine (C=N–C) groups is 1. The summed E-state index contributed by atoms with van der Waals surface area (Å²) < 4.78 is 10.9. The van der Waals surface area contributed by atoms with Crippen molar-refractivity contribution in [3.8, 4) is 11.5 Å². The average molecular weight is 483 g/mol. The fraction of sp³-hybridized carbons (Fsp3) is 0.300. The number of para-hydroxylation sites is 1. The number of carbonyl (C=O) groups excluding carboxylic acids is 1. The van der Waals surface area contributed by atoms with Gasteiger partial charge in [0.25, 0.3) is 0 Å². The Kier molecular flexibility index (Phi) is 10.2. The second kappa shape index (κ2) is 12.2. The van der Waals surface area contributed by atoms with E-state index in [2.05, 4.69) is 10.3 Å². The summed E-state index contributed by atoms with van der Waals surface area (Å²) in [4.78, 5) is 15.7. The summed E-state index contributed by atoms with van der Waals surface area (Å²) in [6.45, 7) is 4.10. The molecule has 0 atom stereocenters. The molecule has 146 valence electrons. The molecule has 0 radical (unpaired) electrons. The Labute approximate surface area is 177 Å². The van der Waals surface area contributed by atoms with Crippen LogP contribution >= 0.6 is 24.0 Å². The predicted molar refractivity (Wildman–Crippen MR) is 119 cm³/mol. The molecule has 2 aromatic carbocycles. The van der Waals surface area contributed by atoms with E-state index < -0.39 is 0 Å². The molecule has 6 nitrogen and oxygen atoms in total. The maximum atomic E-state index is 11.4. The molecule has 27 heavy (non-hydrogen) atoms. The van der Waals surface area contributed by atoms with Gasteiger partial charge in [0.15, 0.2) is 5.96 Å². The van der Waals surface area contributed by atoms with Crippen molar-refractivity contribution in [1.82, 2.24) is 0 Å². The van der Waals surface area contributed by atoms with Crippen molar-refractivity contribution in [3.05, 3.63) is 54.6 Å². The largest absolute Gasteiger partial charge is 0.463 e. The smallest absolute Gasteiger partial charge is 0.306 e. The van der Waals surface area contributed by atoms with Crippen molar-refractivity contribution in [1.29, 1.82) is 0 Å². The number of benzene rings is 2. The molecule has 0 amide bonds. The van der Waals surface area contributed by atoms with E-state index in [-0.39, 0.29) is 36.0 Å². The first-order chi connectivity index (χ1) is 12.5. The average Bonchev–Trinajstić information content (AvgIpc) is 2.59.